The lowest BCUT2D eigenvalue weighted by molar-refractivity contribution is -0.146. The van der Waals surface area contributed by atoms with E-state index in [4.69, 9.17) is 0 Å². The number of nitrogens with zero attached hydrogens (tertiary/aromatic N) is 2. The Morgan fingerprint density at radius 2 is 2.33 bits per heavy atom. The average molecular weight is 325 g/mol. The maximum absolute atomic E-state index is 11.5. The smallest absolute Gasteiger partial charge is 0.352 e. The number of aromatic nitrogens is 2. The van der Waals surface area contributed by atoms with Crippen LogP contribution in [0.1, 0.15) is 6.42 Å². The fourth-order valence-electron chi connectivity index (χ4n) is 2.12. The molecule has 1 aromatic heterocycles. The van der Waals surface area contributed by atoms with E-state index < -0.39 is 5.97 Å². The second kappa shape index (κ2) is 5.57. The molecule has 3 heterocycles. The third-order valence-corrected chi connectivity index (χ3v) is 5.71. The first kappa shape index (κ1) is 14.2. The van der Waals surface area contributed by atoms with E-state index in [-0.39, 0.29) is 27.8 Å². The van der Waals surface area contributed by atoms with Crippen molar-refractivity contribution in [3.8, 4) is 0 Å². The van der Waals surface area contributed by atoms with E-state index in [9.17, 15) is 19.5 Å². The van der Waals surface area contributed by atoms with Crippen molar-refractivity contribution in [2.75, 3.05) is 5.75 Å². The summed E-state index contributed by atoms with van der Waals surface area (Å²) in [5, 5.41) is 16.0. The molecule has 1 aromatic rings. The van der Waals surface area contributed by atoms with E-state index >= 15 is 0 Å². The van der Waals surface area contributed by atoms with Crippen LogP contribution in [0.5, 0.6) is 0 Å². The van der Waals surface area contributed by atoms with Gasteiger partial charge in [-0.2, -0.15) is 5.10 Å². The molecule has 1 amide bonds. The molecule has 7 nitrogen and oxygen atoms in total. The van der Waals surface area contributed by atoms with Crippen LogP contribution in [-0.2, 0) is 9.59 Å². The van der Waals surface area contributed by atoms with Gasteiger partial charge in [0.15, 0.2) is 0 Å². The van der Waals surface area contributed by atoms with Gasteiger partial charge in [0.25, 0.3) is 5.56 Å². The minimum Gasteiger partial charge on any atom is -0.477 e. The van der Waals surface area contributed by atoms with Crippen molar-refractivity contribution in [1.82, 2.24) is 15.1 Å². The predicted octanol–water partition coefficient (Wildman–Crippen LogP) is 0.504. The minimum absolute atomic E-state index is 0.0100. The van der Waals surface area contributed by atoms with Gasteiger partial charge in [0.2, 0.25) is 5.91 Å². The average Bonchev–Trinajstić information content (AvgIpc) is 2.44. The number of aromatic amines is 1. The summed E-state index contributed by atoms with van der Waals surface area (Å²) in [6, 6.07) is 3.02. The van der Waals surface area contributed by atoms with Crippen LogP contribution in [0.2, 0.25) is 0 Å². The predicted molar refractivity (Wildman–Crippen MR) is 77.9 cm³/mol. The summed E-state index contributed by atoms with van der Waals surface area (Å²) < 4.78 is 0. The molecule has 0 saturated carbocycles. The van der Waals surface area contributed by atoms with Gasteiger partial charge in [-0.25, -0.2) is 9.89 Å². The molecule has 110 valence electrons. The maximum atomic E-state index is 11.5. The highest BCUT2D eigenvalue weighted by atomic mass is 32.2. The van der Waals surface area contributed by atoms with E-state index in [2.05, 4.69) is 10.2 Å². The first-order valence-electron chi connectivity index (χ1n) is 6.16. The zero-order valence-electron chi connectivity index (χ0n) is 10.7. The van der Waals surface area contributed by atoms with Crippen molar-refractivity contribution in [3.05, 3.63) is 34.3 Å². The van der Waals surface area contributed by atoms with Crippen LogP contribution in [0.3, 0.4) is 0 Å². The van der Waals surface area contributed by atoms with Crippen molar-refractivity contribution in [3.63, 3.8) is 0 Å². The van der Waals surface area contributed by atoms with Crippen molar-refractivity contribution in [1.29, 1.82) is 0 Å². The highest BCUT2D eigenvalue weighted by Gasteiger charge is 2.45. The Balaban J connectivity index is 1.69. The number of carbonyl (C=O) groups excluding carboxylic acids is 1. The summed E-state index contributed by atoms with van der Waals surface area (Å²) in [5.41, 5.74) is -0.196. The van der Waals surface area contributed by atoms with Crippen LogP contribution in [0.25, 0.3) is 0 Å². The maximum Gasteiger partial charge on any atom is 0.352 e. The lowest BCUT2D eigenvalue weighted by Gasteiger charge is -2.44. The lowest BCUT2D eigenvalue weighted by Crippen LogP contribution is -2.54. The Morgan fingerprint density at radius 3 is 2.95 bits per heavy atom. The van der Waals surface area contributed by atoms with Crippen molar-refractivity contribution < 1.29 is 14.7 Å². The number of amides is 1. The van der Waals surface area contributed by atoms with Gasteiger partial charge in [-0.05, 0) is 12.1 Å². The molecule has 2 N–H and O–H groups in total. The summed E-state index contributed by atoms with van der Waals surface area (Å²) in [6.45, 7) is 0. The first-order chi connectivity index (χ1) is 10.0. The number of hydrogen-bond acceptors (Lipinski definition) is 6. The number of carboxylic acids is 1. The Morgan fingerprint density at radius 1 is 1.52 bits per heavy atom. The third kappa shape index (κ3) is 2.84. The van der Waals surface area contributed by atoms with E-state index in [1.165, 1.54) is 22.7 Å². The SMILES string of the molecule is O=C(O)C1=CC(CSc2ccc(=O)[nH]n2)S[C@@H]2CC(=O)N12. The van der Waals surface area contributed by atoms with E-state index in [1.807, 2.05) is 0 Å². The second-order valence-corrected chi connectivity index (χ2v) is 6.99. The normalized spacial score (nSPS) is 24.1. The monoisotopic (exact) mass is 325 g/mol. The number of β-lactam (4-membered cyclic amide) rings is 1. The van der Waals surface area contributed by atoms with Crippen LogP contribution in [0.15, 0.2) is 33.7 Å². The minimum atomic E-state index is -1.08. The quantitative estimate of drug-likeness (QED) is 0.614. The molecule has 1 fully saturated rings. The topological polar surface area (TPSA) is 103 Å². The number of carboxylic acid groups (broad SMARTS) is 1. The number of rotatable bonds is 4. The molecular weight excluding hydrogens is 314 g/mol. The van der Waals surface area contributed by atoms with Crippen LogP contribution in [-0.4, -0.2) is 48.5 Å². The van der Waals surface area contributed by atoms with Crippen LogP contribution >= 0.6 is 23.5 Å². The molecule has 0 radical (unpaired) electrons. The molecule has 0 aromatic carbocycles. The number of thioether (sulfide) groups is 2. The Hall–Kier alpha value is -1.74. The molecule has 0 bridgehead atoms. The number of H-pyrrole nitrogens is 1. The first-order valence-corrected chi connectivity index (χ1v) is 8.08. The van der Waals surface area contributed by atoms with Gasteiger partial charge in [0.05, 0.1) is 11.8 Å². The van der Waals surface area contributed by atoms with Gasteiger partial charge in [-0.15, -0.1) is 23.5 Å². The summed E-state index contributed by atoms with van der Waals surface area (Å²) in [5.74, 6) is -0.598. The molecule has 2 atom stereocenters. The van der Waals surface area contributed by atoms with Gasteiger partial charge in [0, 0.05) is 17.1 Å². The standard InChI is InChI=1S/C12H11N3O4S2/c16-8-1-2-9(14-13-8)20-5-6-3-7(12(18)19)15-10(17)4-11(15)21-6/h1-3,6,11H,4-5H2,(H,13,16)(H,18,19)/t6?,11-/m1/s1. The fraction of sp³-hybridized carbons (Fsp3) is 0.333. The van der Waals surface area contributed by atoms with Gasteiger partial charge >= 0.3 is 5.97 Å². The van der Waals surface area contributed by atoms with E-state index in [0.29, 0.717) is 17.2 Å². The molecule has 0 aliphatic carbocycles. The zero-order valence-corrected chi connectivity index (χ0v) is 12.3. The molecule has 2 aliphatic rings. The zero-order chi connectivity index (χ0) is 15.0. The van der Waals surface area contributed by atoms with Crippen molar-refractivity contribution >= 4 is 35.4 Å². The highest BCUT2D eigenvalue weighted by molar-refractivity contribution is 8.03. The lowest BCUT2D eigenvalue weighted by atomic mass is 10.1. The van der Waals surface area contributed by atoms with Crippen molar-refractivity contribution in [2.45, 2.75) is 22.1 Å². The molecule has 9 heteroatoms. The summed E-state index contributed by atoms with van der Waals surface area (Å²) >= 11 is 3.01. The number of carbonyl (C=O) groups is 2. The van der Waals surface area contributed by atoms with Crippen LogP contribution in [0, 0.1) is 0 Å². The molecule has 1 unspecified atom stereocenters. The fourth-order valence-corrected chi connectivity index (χ4v) is 4.55. The molecule has 2 aliphatic heterocycles. The third-order valence-electron chi connectivity index (χ3n) is 3.11. The molecule has 21 heavy (non-hydrogen) atoms. The molecule has 3 rings (SSSR count). The summed E-state index contributed by atoms with van der Waals surface area (Å²) in [6.07, 6.45) is 1.99. The van der Waals surface area contributed by atoms with Crippen LogP contribution in [0.4, 0.5) is 0 Å². The molecular formula is C12H11N3O4S2. The number of fused-ring (bicyclic) bond motifs is 1. The highest BCUT2D eigenvalue weighted by Crippen LogP contribution is 2.41. The second-order valence-electron chi connectivity index (χ2n) is 4.52. The Labute approximate surface area is 127 Å². The molecule has 0 spiro atoms. The van der Waals surface area contributed by atoms with Crippen LogP contribution < -0.4 is 5.56 Å². The van der Waals surface area contributed by atoms with Gasteiger partial charge < -0.3 is 5.11 Å². The summed E-state index contributed by atoms with van der Waals surface area (Å²) in [4.78, 5) is 34.9. The Bertz CT molecular complexity index is 667. The largest absolute Gasteiger partial charge is 0.477 e. The van der Waals surface area contributed by atoms with Gasteiger partial charge in [0.1, 0.15) is 10.7 Å². The summed E-state index contributed by atoms with van der Waals surface area (Å²) in [7, 11) is 0. The van der Waals surface area contributed by atoms with Gasteiger partial charge in [-0.1, -0.05) is 0 Å². The Kier molecular flexibility index (Phi) is 3.77. The van der Waals surface area contributed by atoms with Crippen molar-refractivity contribution in [2.24, 2.45) is 0 Å². The number of nitrogens with one attached hydrogen (secondary N) is 1. The number of aliphatic carboxylic acids is 1. The van der Waals surface area contributed by atoms with E-state index in [0.717, 1.165) is 0 Å². The molecule has 1 saturated heterocycles. The van der Waals surface area contributed by atoms with E-state index in [1.54, 1.807) is 23.9 Å². The number of hydrogen-bond donors (Lipinski definition) is 2. The van der Waals surface area contributed by atoms with Gasteiger partial charge in [-0.3, -0.25) is 14.5 Å².